The molecule has 1 aliphatic rings. The first-order valence-electron chi connectivity index (χ1n) is 9.57. The van der Waals surface area contributed by atoms with E-state index in [4.69, 9.17) is 0 Å². The van der Waals surface area contributed by atoms with Crippen LogP contribution in [0.4, 0.5) is 5.13 Å². The Morgan fingerprint density at radius 3 is 2.73 bits per heavy atom. The van der Waals surface area contributed by atoms with E-state index in [2.05, 4.69) is 30.0 Å². The molecule has 1 aliphatic carbocycles. The van der Waals surface area contributed by atoms with Gasteiger partial charge in [0.1, 0.15) is 0 Å². The molecule has 150 valence electrons. The van der Waals surface area contributed by atoms with Crippen LogP contribution in [-0.2, 0) is 4.79 Å². The third-order valence-corrected chi connectivity index (χ3v) is 6.35. The van der Waals surface area contributed by atoms with Crippen LogP contribution in [0.2, 0.25) is 0 Å². The minimum absolute atomic E-state index is 0.109. The van der Waals surface area contributed by atoms with Crippen molar-refractivity contribution in [2.24, 2.45) is 0 Å². The van der Waals surface area contributed by atoms with Crippen LogP contribution in [-0.4, -0.2) is 36.4 Å². The van der Waals surface area contributed by atoms with E-state index < -0.39 is 0 Å². The highest BCUT2D eigenvalue weighted by atomic mass is 32.2. The van der Waals surface area contributed by atoms with Gasteiger partial charge in [0, 0.05) is 34.9 Å². The number of anilines is 1. The van der Waals surface area contributed by atoms with Gasteiger partial charge in [-0.3, -0.25) is 14.3 Å². The maximum absolute atomic E-state index is 12.5. The molecule has 1 aromatic carbocycles. The molecular weight excluding hydrogens is 416 g/mol. The van der Waals surface area contributed by atoms with Gasteiger partial charge in [0.05, 0.1) is 11.4 Å². The monoisotopic (exact) mass is 434 g/mol. The molecular formula is C21H18N6OS2. The van der Waals surface area contributed by atoms with E-state index in [9.17, 15) is 4.79 Å². The van der Waals surface area contributed by atoms with Crippen LogP contribution in [0.15, 0.2) is 65.4 Å². The Bertz CT molecular complexity index is 1150. The van der Waals surface area contributed by atoms with Crippen molar-refractivity contribution in [3.8, 4) is 22.6 Å². The molecule has 9 heteroatoms. The number of benzene rings is 1. The summed E-state index contributed by atoms with van der Waals surface area (Å²) in [7, 11) is 0. The lowest BCUT2D eigenvalue weighted by Gasteiger charge is -2.08. The van der Waals surface area contributed by atoms with Crippen LogP contribution in [0, 0.1) is 0 Å². The van der Waals surface area contributed by atoms with Gasteiger partial charge in [-0.1, -0.05) is 42.1 Å². The summed E-state index contributed by atoms with van der Waals surface area (Å²) in [6.45, 7) is 0. The minimum atomic E-state index is -0.109. The number of carbonyl (C=O) groups excluding carboxylic acids is 1. The Hall–Kier alpha value is -3.04. The molecule has 3 heterocycles. The third-order valence-electron chi connectivity index (χ3n) is 4.65. The molecule has 5 rings (SSSR count). The molecule has 30 heavy (non-hydrogen) atoms. The lowest BCUT2D eigenvalue weighted by atomic mass is 10.2. The van der Waals surface area contributed by atoms with Gasteiger partial charge < -0.3 is 5.32 Å². The summed E-state index contributed by atoms with van der Waals surface area (Å²) in [6.07, 6.45) is 5.73. The number of rotatable bonds is 7. The lowest BCUT2D eigenvalue weighted by molar-refractivity contribution is -0.113. The Morgan fingerprint density at radius 1 is 1.13 bits per heavy atom. The van der Waals surface area contributed by atoms with Gasteiger partial charge in [-0.15, -0.1) is 21.5 Å². The van der Waals surface area contributed by atoms with E-state index in [1.807, 2.05) is 47.8 Å². The summed E-state index contributed by atoms with van der Waals surface area (Å²) in [6, 6.07) is 14.2. The van der Waals surface area contributed by atoms with E-state index in [-0.39, 0.29) is 11.7 Å². The first kappa shape index (κ1) is 19.0. The van der Waals surface area contributed by atoms with E-state index in [0.717, 1.165) is 40.6 Å². The SMILES string of the molecule is O=C(CSc1nnc(-c2cccnc2)n1C1CC1)Nc1nc(-c2ccccc2)cs1. The number of hydrogen-bond donors (Lipinski definition) is 1. The number of carbonyl (C=O) groups is 1. The maximum Gasteiger partial charge on any atom is 0.236 e. The number of amides is 1. The summed E-state index contributed by atoms with van der Waals surface area (Å²) >= 11 is 2.82. The average molecular weight is 435 g/mol. The average Bonchev–Trinajstić information content (AvgIpc) is 3.37. The standard InChI is InChI=1S/C21H18N6OS2/c28-18(24-20-23-17(12-29-20)14-5-2-1-3-6-14)13-30-21-26-25-19(27(21)16-8-9-16)15-7-4-10-22-11-15/h1-7,10-12,16H,8-9,13H2,(H,23,24,28). The molecule has 1 amide bonds. The van der Waals surface area contributed by atoms with Gasteiger partial charge in [0.15, 0.2) is 16.1 Å². The molecule has 7 nitrogen and oxygen atoms in total. The van der Waals surface area contributed by atoms with Crippen LogP contribution in [0.25, 0.3) is 22.6 Å². The van der Waals surface area contributed by atoms with Crippen LogP contribution >= 0.6 is 23.1 Å². The second-order valence-electron chi connectivity index (χ2n) is 6.89. The first-order valence-corrected chi connectivity index (χ1v) is 11.4. The Kier molecular flexibility index (Phi) is 5.29. The molecule has 0 atom stereocenters. The van der Waals surface area contributed by atoms with E-state index >= 15 is 0 Å². The number of nitrogens with one attached hydrogen (secondary N) is 1. The highest BCUT2D eigenvalue weighted by molar-refractivity contribution is 7.99. The zero-order valence-electron chi connectivity index (χ0n) is 15.9. The van der Waals surface area contributed by atoms with Gasteiger partial charge in [-0.2, -0.15) is 0 Å². The number of pyridine rings is 1. The van der Waals surface area contributed by atoms with E-state index in [0.29, 0.717) is 11.2 Å². The minimum Gasteiger partial charge on any atom is -0.301 e. The fraction of sp³-hybridized carbons (Fsp3) is 0.190. The predicted octanol–water partition coefficient (Wildman–Crippen LogP) is 4.53. The molecule has 3 aromatic heterocycles. The van der Waals surface area contributed by atoms with Crippen molar-refractivity contribution in [1.82, 2.24) is 24.7 Å². The number of thioether (sulfide) groups is 1. The smallest absolute Gasteiger partial charge is 0.236 e. The van der Waals surface area contributed by atoms with Gasteiger partial charge in [-0.25, -0.2) is 4.98 Å². The fourth-order valence-corrected chi connectivity index (χ4v) is 4.63. The molecule has 4 aromatic rings. The molecule has 0 bridgehead atoms. The summed E-state index contributed by atoms with van der Waals surface area (Å²) in [5.74, 6) is 0.946. The van der Waals surface area contributed by atoms with Crippen LogP contribution in [0.3, 0.4) is 0 Å². The van der Waals surface area contributed by atoms with Crippen LogP contribution < -0.4 is 5.32 Å². The number of nitrogens with zero attached hydrogens (tertiary/aromatic N) is 5. The van der Waals surface area contributed by atoms with Crippen molar-refractivity contribution >= 4 is 34.1 Å². The topological polar surface area (TPSA) is 85.6 Å². The van der Waals surface area contributed by atoms with Gasteiger partial charge in [0.25, 0.3) is 0 Å². The lowest BCUT2D eigenvalue weighted by Crippen LogP contribution is -2.14. The van der Waals surface area contributed by atoms with Gasteiger partial charge in [-0.05, 0) is 25.0 Å². The molecule has 0 spiro atoms. The summed E-state index contributed by atoms with van der Waals surface area (Å²) in [4.78, 5) is 21.2. The van der Waals surface area contributed by atoms with Crippen LogP contribution in [0.5, 0.6) is 0 Å². The van der Waals surface area contributed by atoms with Crippen LogP contribution in [0.1, 0.15) is 18.9 Å². The van der Waals surface area contributed by atoms with Crippen molar-refractivity contribution in [3.63, 3.8) is 0 Å². The second kappa shape index (κ2) is 8.37. The second-order valence-corrected chi connectivity index (χ2v) is 8.69. The zero-order valence-corrected chi connectivity index (χ0v) is 17.6. The van der Waals surface area contributed by atoms with Crippen molar-refractivity contribution in [1.29, 1.82) is 0 Å². The third kappa shape index (κ3) is 4.12. The van der Waals surface area contributed by atoms with Crippen molar-refractivity contribution < 1.29 is 4.79 Å². The fourth-order valence-electron chi connectivity index (χ4n) is 3.09. The van der Waals surface area contributed by atoms with Gasteiger partial charge >= 0.3 is 0 Å². The van der Waals surface area contributed by atoms with Gasteiger partial charge in [0.2, 0.25) is 5.91 Å². The Labute approximate surface area is 181 Å². The number of hydrogen-bond acceptors (Lipinski definition) is 7. The molecule has 1 N–H and O–H groups in total. The number of aromatic nitrogens is 5. The first-order chi connectivity index (χ1) is 14.8. The highest BCUT2D eigenvalue weighted by Gasteiger charge is 2.30. The molecule has 0 radical (unpaired) electrons. The zero-order chi connectivity index (χ0) is 20.3. The molecule has 1 saturated carbocycles. The van der Waals surface area contributed by atoms with E-state index in [1.165, 1.54) is 23.1 Å². The van der Waals surface area contributed by atoms with E-state index in [1.54, 1.807) is 12.4 Å². The molecule has 1 fully saturated rings. The largest absolute Gasteiger partial charge is 0.301 e. The van der Waals surface area contributed by atoms with Crippen molar-refractivity contribution in [2.75, 3.05) is 11.1 Å². The van der Waals surface area contributed by atoms with Crippen molar-refractivity contribution in [2.45, 2.75) is 24.0 Å². The Balaban J connectivity index is 1.25. The Morgan fingerprint density at radius 2 is 1.97 bits per heavy atom. The molecule has 0 saturated heterocycles. The quantitative estimate of drug-likeness (QED) is 0.430. The predicted molar refractivity (Wildman–Crippen MR) is 118 cm³/mol. The highest BCUT2D eigenvalue weighted by Crippen LogP contribution is 2.41. The maximum atomic E-state index is 12.5. The normalized spacial score (nSPS) is 13.3. The molecule has 0 aliphatic heterocycles. The summed E-state index contributed by atoms with van der Waals surface area (Å²) < 4.78 is 2.13. The van der Waals surface area contributed by atoms with Crippen molar-refractivity contribution in [3.05, 3.63) is 60.2 Å². The summed E-state index contributed by atoms with van der Waals surface area (Å²) in [5.41, 5.74) is 2.83. The number of thiazole rings is 1. The molecule has 0 unspecified atom stereocenters. The summed E-state index contributed by atoms with van der Waals surface area (Å²) in [5, 5.41) is 14.9.